The van der Waals surface area contributed by atoms with Crippen LogP contribution in [0.1, 0.15) is 244 Å². The summed E-state index contributed by atoms with van der Waals surface area (Å²) in [5.41, 5.74) is 0.406. The van der Waals surface area contributed by atoms with Crippen molar-refractivity contribution >= 4 is 11.9 Å². The Morgan fingerprint density at radius 1 is 0.647 bits per heavy atom. The first-order valence-corrected chi connectivity index (χ1v) is 28.0. The molecule has 1 aromatic rings. The third-order valence-electron chi connectivity index (χ3n) is 13.5. The molecular weight excluding hydrogens is 855 g/mol. The molecule has 0 bridgehead atoms. The number of amides is 1. The number of hydrogen-bond donors (Lipinski definition) is 3. The van der Waals surface area contributed by atoms with Crippen molar-refractivity contribution in [3.8, 4) is 0 Å². The van der Waals surface area contributed by atoms with E-state index in [2.05, 4.69) is 31.3 Å². The quantitative estimate of drug-likeness (QED) is 0.0333. The van der Waals surface area contributed by atoms with E-state index in [1.807, 2.05) is 18.2 Å². The lowest BCUT2D eigenvalue weighted by atomic mass is 9.99. The fourth-order valence-corrected chi connectivity index (χ4v) is 9.43. The highest BCUT2D eigenvalue weighted by atomic mass is 16.8. The van der Waals surface area contributed by atoms with E-state index in [1.54, 1.807) is 38.1 Å². The molecule has 0 unspecified atom stereocenters. The standard InChI is InChI=1S/C58H99NO9/c1-5-7-9-11-13-15-17-19-20-21-22-23-24-25-26-28-30-32-34-36-41-45-52(61)59-49(47-64-57-53(62)55-54(51(46-60)66-57)67-58(3,4)68-55)50(65-56(63)48-42-38-37-39-43-48)44-40-35-33-31-29-27-18-16-14-12-10-8-6-2/h19-20,37-40,42-44,49-51,53-55,57,60,62H,5-18,21-36,41,45-47H2,1-4H3,(H,59,61)/b20-19-,44-40+/t49-,50+,51+,53+,54-,55+,57-/m0/s1. The van der Waals surface area contributed by atoms with Gasteiger partial charge in [-0.3, -0.25) is 4.79 Å². The summed E-state index contributed by atoms with van der Waals surface area (Å²) in [5.74, 6) is -1.64. The van der Waals surface area contributed by atoms with Crippen LogP contribution in [0.15, 0.2) is 54.6 Å². The lowest BCUT2D eigenvalue weighted by molar-refractivity contribution is -0.284. The lowest BCUT2D eigenvalue weighted by Gasteiger charge is -2.39. The number of rotatable bonds is 42. The van der Waals surface area contributed by atoms with Gasteiger partial charge in [0.05, 0.1) is 24.8 Å². The number of unbranched alkanes of at least 4 members (excludes halogenated alkanes) is 28. The molecule has 0 spiro atoms. The summed E-state index contributed by atoms with van der Waals surface area (Å²) in [6, 6.07) is 8.06. The van der Waals surface area contributed by atoms with E-state index in [0.717, 1.165) is 38.5 Å². The van der Waals surface area contributed by atoms with E-state index < -0.39 is 54.6 Å². The highest BCUT2D eigenvalue weighted by Gasteiger charge is 2.55. The number of allylic oxidation sites excluding steroid dienone is 3. The molecular formula is C58H99NO9. The van der Waals surface area contributed by atoms with Gasteiger partial charge in [-0.2, -0.15) is 0 Å². The fourth-order valence-electron chi connectivity index (χ4n) is 9.43. The van der Waals surface area contributed by atoms with Crippen molar-refractivity contribution in [1.29, 1.82) is 0 Å². The van der Waals surface area contributed by atoms with Crippen LogP contribution < -0.4 is 5.32 Å². The second-order valence-electron chi connectivity index (χ2n) is 20.2. The summed E-state index contributed by atoms with van der Waals surface area (Å²) in [6.45, 7) is 7.55. The first-order chi connectivity index (χ1) is 33.2. The topological polar surface area (TPSA) is 133 Å². The minimum absolute atomic E-state index is 0.126. The minimum atomic E-state index is -1.22. The Hall–Kier alpha value is -2.60. The molecule has 10 nitrogen and oxygen atoms in total. The van der Waals surface area contributed by atoms with Crippen molar-refractivity contribution in [2.75, 3.05) is 13.2 Å². The zero-order chi connectivity index (χ0) is 48.9. The Bertz CT molecular complexity index is 1450. The molecule has 10 heteroatoms. The van der Waals surface area contributed by atoms with Gasteiger partial charge in [-0.1, -0.05) is 204 Å². The lowest BCUT2D eigenvalue weighted by Crippen LogP contribution is -2.59. The minimum Gasteiger partial charge on any atom is -0.452 e. The maximum absolute atomic E-state index is 13.7. The van der Waals surface area contributed by atoms with Gasteiger partial charge in [0.15, 0.2) is 12.1 Å². The summed E-state index contributed by atoms with van der Waals surface area (Å²) in [4.78, 5) is 27.2. The summed E-state index contributed by atoms with van der Waals surface area (Å²) >= 11 is 0. The molecule has 3 rings (SSSR count). The summed E-state index contributed by atoms with van der Waals surface area (Å²) in [6.07, 6.45) is 41.9. The van der Waals surface area contributed by atoms with Gasteiger partial charge in [-0.25, -0.2) is 4.79 Å². The largest absolute Gasteiger partial charge is 0.452 e. The van der Waals surface area contributed by atoms with Crippen molar-refractivity contribution in [3.63, 3.8) is 0 Å². The Kier molecular flexibility index (Phi) is 33.5. The highest BCUT2D eigenvalue weighted by Crippen LogP contribution is 2.38. The summed E-state index contributed by atoms with van der Waals surface area (Å²) in [5, 5.41) is 24.7. The second-order valence-corrected chi connectivity index (χ2v) is 20.2. The maximum Gasteiger partial charge on any atom is 0.338 e. The van der Waals surface area contributed by atoms with Gasteiger partial charge >= 0.3 is 5.97 Å². The molecule has 0 radical (unpaired) electrons. The number of esters is 1. The molecule has 2 aliphatic rings. The van der Waals surface area contributed by atoms with Crippen LogP contribution in [-0.2, 0) is 28.5 Å². The number of nitrogens with one attached hydrogen (secondary N) is 1. The molecule has 0 saturated carbocycles. The van der Waals surface area contributed by atoms with E-state index in [1.165, 1.54) is 161 Å². The number of carbonyl (C=O) groups excluding carboxylic acids is 2. The second kappa shape index (κ2) is 38.1. The molecule has 3 N–H and O–H groups in total. The zero-order valence-corrected chi connectivity index (χ0v) is 43.5. The van der Waals surface area contributed by atoms with Gasteiger partial charge in [0.25, 0.3) is 0 Å². The normalized spacial score (nSPS) is 21.1. The van der Waals surface area contributed by atoms with E-state index in [4.69, 9.17) is 23.7 Å². The van der Waals surface area contributed by atoms with Crippen LogP contribution in [0.5, 0.6) is 0 Å². The molecule has 1 aromatic carbocycles. The molecule has 2 aliphatic heterocycles. The molecule has 2 heterocycles. The van der Waals surface area contributed by atoms with Crippen molar-refractivity contribution in [1.82, 2.24) is 5.32 Å². The van der Waals surface area contributed by atoms with Crippen molar-refractivity contribution in [2.24, 2.45) is 0 Å². The van der Waals surface area contributed by atoms with Gasteiger partial charge in [-0.15, -0.1) is 0 Å². The number of aliphatic hydroxyl groups is 2. The van der Waals surface area contributed by atoms with Crippen LogP contribution in [0.2, 0.25) is 0 Å². The molecule has 2 fully saturated rings. The van der Waals surface area contributed by atoms with E-state index in [9.17, 15) is 19.8 Å². The van der Waals surface area contributed by atoms with Crippen molar-refractivity contribution < 1.29 is 43.5 Å². The average molecular weight is 954 g/mol. The number of ether oxygens (including phenoxy) is 5. The van der Waals surface area contributed by atoms with Gasteiger partial charge < -0.3 is 39.2 Å². The SMILES string of the molecule is CCCCCCCC/C=C\CCCCCCCCCCCCCC(=O)N[C@@H](CO[C@H]1O[C@H](CO)[C@@H]2OC(C)(C)O[C@@H]2[C@H]1O)[C@@H](/C=C/CCCCCCCCCCCCC)OC(=O)c1ccccc1. The fraction of sp³-hybridized carbons (Fsp3) is 0.793. The Balaban J connectivity index is 1.48. The van der Waals surface area contributed by atoms with Gasteiger partial charge in [0, 0.05) is 6.42 Å². The predicted octanol–water partition coefficient (Wildman–Crippen LogP) is 13.9. The Morgan fingerprint density at radius 2 is 1.10 bits per heavy atom. The molecule has 2 saturated heterocycles. The monoisotopic (exact) mass is 954 g/mol. The van der Waals surface area contributed by atoms with Crippen LogP contribution in [-0.4, -0.2) is 83.9 Å². The van der Waals surface area contributed by atoms with Crippen LogP contribution in [0.4, 0.5) is 0 Å². The molecule has 68 heavy (non-hydrogen) atoms. The molecule has 0 aromatic heterocycles. The van der Waals surface area contributed by atoms with E-state index in [0.29, 0.717) is 12.0 Å². The summed E-state index contributed by atoms with van der Waals surface area (Å²) < 4.78 is 30.4. The molecule has 7 atom stereocenters. The van der Waals surface area contributed by atoms with Crippen molar-refractivity contribution in [3.05, 3.63) is 60.2 Å². The average Bonchev–Trinajstić information content (AvgIpc) is 3.68. The van der Waals surface area contributed by atoms with Crippen LogP contribution in [0, 0.1) is 0 Å². The van der Waals surface area contributed by atoms with Crippen molar-refractivity contribution in [2.45, 2.75) is 282 Å². The Labute approximate surface area is 414 Å². The smallest absolute Gasteiger partial charge is 0.338 e. The number of aliphatic hydroxyl groups excluding tert-OH is 2. The number of benzene rings is 1. The van der Waals surface area contributed by atoms with Crippen LogP contribution >= 0.6 is 0 Å². The van der Waals surface area contributed by atoms with Gasteiger partial charge in [0.2, 0.25) is 5.91 Å². The Morgan fingerprint density at radius 3 is 1.60 bits per heavy atom. The zero-order valence-electron chi connectivity index (χ0n) is 43.5. The van der Waals surface area contributed by atoms with Crippen LogP contribution in [0.3, 0.4) is 0 Å². The molecule has 390 valence electrons. The van der Waals surface area contributed by atoms with Gasteiger partial charge in [0.1, 0.15) is 30.5 Å². The van der Waals surface area contributed by atoms with Crippen LogP contribution in [0.25, 0.3) is 0 Å². The number of fused-ring (bicyclic) bond motifs is 1. The third-order valence-corrected chi connectivity index (χ3v) is 13.5. The van der Waals surface area contributed by atoms with Gasteiger partial charge in [-0.05, 0) is 77.0 Å². The van der Waals surface area contributed by atoms with E-state index in [-0.39, 0.29) is 19.1 Å². The number of hydrogen-bond acceptors (Lipinski definition) is 9. The first kappa shape index (κ1) is 59.7. The van der Waals surface area contributed by atoms with E-state index >= 15 is 0 Å². The number of carbonyl (C=O) groups is 2. The first-order valence-electron chi connectivity index (χ1n) is 28.0. The maximum atomic E-state index is 13.7. The highest BCUT2D eigenvalue weighted by molar-refractivity contribution is 5.89. The molecule has 1 amide bonds. The predicted molar refractivity (Wildman–Crippen MR) is 276 cm³/mol. The molecule has 0 aliphatic carbocycles. The summed E-state index contributed by atoms with van der Waals surface area (Å²) in [7, 11) is 0. The third kappa shape index (κ3) is 26.6.